The fraction of sp³-hybridized carbons (Fsp3) is 0.846. The molecule has 0 bridgehead atoms. The summed E-state index contributed by atoms with van der Waals surface area (Å²) in [6.07, 6.45) is 7.81. The summed E-state index contributed by atoms with van der Waals surface area (Å²) >= 11 is 0. The van der Waals surface area contributed by atoms with Crippen LogP contribution in [0.4, 0.5) is 4.79 Å². The van der Waals surface area contributed by atoms with E-state index in [1.54, 1.807) is 4.90 Å². The second kappa shape index (κ2) is 6.07. The minimum Gasteiger partial charge on any atom is -0.481 e. The van der Waals surface area contributed by atoms with E-state index < -0.39 is 5.97 Å². The summed E-state index contributed by atoms with van der Waals surface area (Å²) < 4.78 is 0. The lowest BCUT2D eigenvalue weighted by Gasteiger charge is -2.28. The maximum Gasteiger partial charge on any atom is 0.317 e. The van der Waals surface area contributed by atoms with Gasteiger partial charge in [0, 0.05) is 18.6 Å². The summed E-state index contributed by atoms with van der Waals surface area (Å²) in [6, 6.07) is 0.496. The summed E-state index contributed by atoms with van der Waals surface area (Å²) in [5.41, 5.74) is 0. The zero-order valence-electron chi connectivity index (χ0n) is 10.7. The van der Waals surface area contributed by atoms with Gasteiger partial charge < -0.3 is 15.3 Å². The first-order valence-electron chi connectivity index (χ1n) is 6.96. The number of aliphatic carboxylic acids is 1. The molecule has 0 unspecified atom stereocenters. The molecule has 0 aromatic rings. The molecule has 2 aliphatic rings. The Morgan fingerprint density at radius 3 is 2.33 bits per heavy atom. The van der Waals surface area contributed by atoms with E-state index in [1.807, 2.05) is 0 Å². The standard InChI is InChI=1S/C13H22N2O3/c16-12(17)8-9-15(11-6-7-11)13(18)14-10-4-2-1-3-5-10/h10-11H,1-9H2,(H,14,18)(H,16,17). The van der Waals surface area contributed by atoms with Crippen molar-refractivity contribution in [1.29, 1.82) is 0 Å². The minimum atomic E-state index is -0.842. The average Bonchev–Trinajstić information content (AvgIpc) is 3.14. The number of nitrogens with one attached hydrogen (secondary N) is 1. The van der Waals surface area contributed by atoms with Crippen molar-refractivity contribution in [3.8, 4) is 0 Å². The fourth-order valence-electron chi connectivity index (χ4n) is 2.56. The molecule has 2 aliphatic carbocycles. The molecule has 2 N–H and O–H groups in total. The molecule has 102 valence electrons. The van der Waals surface area contributed by atoms with E-state index in [1.165, 1.54) is 19.3 Å². The second-order valence-electron chi connectivity index (χ2n) is 5.35. The lowest BCUT2D eigenvalue weighted by Crippen LogP contribution is -2.47. The highest BCUT2D eigenvalue weighted by Gasteiger charge is 2.33. The Balaban J connectivity index is 1.81. The van der Waals surface area contributed by atoms with Crippen LogP contribution in [0.25, 0.3) is 0 Å². The van der Waals surface area contributed by atoms with Crippen LogP contribution in [0.1, 0.15) is 51.4 Å². The molecule has 0 atom stereocenters. The molecule has 2 rings (SSSR count). The van der Waals surface area contributed by atoms with Crippen molar-refractivity contribution in [3.63, 3.8) is 0 Å². The number of urea groups is 1. The van der Waals surface area contributed by atoms with E-state index in [-0.39, 0.29) is 24.5 Å². The first kappa shape index (κ1) is 13.2. The van der Waals surface area contributed by atoms with Crippen molar-refractivity contribution in [2.24, 2.45) is 0 Å². The van der Waals surface area contributed by atoms with Crippen molar-refractivity contribution in [3.05, 3.63) is 0 Å². The van der Waals surface area contributed by atoms with Gasteiger partial charge in [-0.3, -0.25) is 4.79 Å². The van der Waals surface area contributed by atoms with Crippen LogP contribution >= 0.6 is 0 Å². The molecular weight excluding hydrogens is 232 g/mol. The fourth-order valence-corrected chi connectivity index (χ4v) is 2.56. The number of rotatable bonds is 5. The molecule has 0 aliphatic heterocycles. The van der Waals surface area contributed by atoms with Crippen LogP contribution in [0.3, 0.4) is 0 Å². The minimum absolute atomic E-state index is 0.0363. The molecule has 5 heteroatoms. The first-order valence-corrected chi connectivity index (χ1v) is 6.96. The van der Waals surface area contributed by atoms with Gasteiger partial charge in [0.15, 0.2) is 0 Å². The molecular formula is C13H22N2O3. The van der Waals surface area contributed by atoms with Gasteiger partial charge in [-0.15, -0.1) is 0 Å². The third-order valence-corrected chi connectivity index (χ3v) is 3.75. The van der Waals surface area contributed by atoms with Crippen LogP contribution in [-0.4, -0.2) is 40.6 Å². The van der Waals surface area contributed by atoms with Crippen LogP contribution in [0.5, 0.6) is 0 Å². The monoisotopic (exact) mass is 254 g/mol. The Morgan fingerprint density at radius 1 is 1.11 bits per heavy atom. The number of amides is 2. The Morgan fingerprint density at radius 2 is 1.78 bits per heavy atom. The quantitative estimate of drug-likeness (QED) is 0.788. The van der Waals surface area contributed by atoms with Crippen molar-refractivity contribution < 1.29 is 14.7 Å². The number of carboxylic acid groups (broad SMARTS) is 1. The van der Waals surface area contributed by atoms with Crippen molar-refractivity contribution in [2.75, 3.05) is 6.54 Å². The Hall–Kier alpha value is -1.26. The van der Waals surface area contributed by atoms with Gasteiger partial charge in [-0.2, -0.15) is 0 Å². The highest BCUT2D eigenvalue weighted by atomic mass is 16.4. The molecule has 2 amide bonds. The van der Waals surface area contributed by atoms with Crippen LogP contribution in [0.15, 0.2) is 0 Å². The summed E-state index contributed by atoms with van der Waals surface area (Å²) in [5.74, 6) is -0.842. The van der Waals surface area contributed by atoms with Gasteiger partial charge >= 0.3 is 12.0 Å². The molecule has 2 saturated carbocycles. The Labute approximate surface area is 108 Å². The predicted molar refractivity (Wildman–Crippen MR) is 67.4 cm³/mol. The van der Waals surface area contributed by atoms with Crippen LogP contribution < -0.4 is 5.32 Å². The highest BCUT2D eigenvalue weighted by molar-refractivity contribution is 5.76. The van der Waals surface area contributed by atoms with Crippen molar-refractivity contribution in [2.45, 2.75) is 63.5 Å². The van der Waals surface area contributed by atoms with Gasteiger partial charge in [-0.1, -0.05) is 19.3 Å². The largest absolute Gasteiger partial charge is 0.481 e. The maximum absolute atomic E-state index is 12.1. The molecule has 0 aromatic heterocycles. The zero-order chi connectivity index (χ0) is 13.0. The second-order valence-corrected chi connectivity index (χ2v) is 5.35. The smallest absolute Gasteiger partial charge is 0.317 e. The molecule has 0 radical (unpaired) electrons. The lowest BCUT2D eigenvalue weighted by atomic mass is 9.96. The SMILES string of the molecule is O=C(O)CCN(C(=O)NC1CCCCC1)C1CC1. The van der Waals surface area contributed by atoms with E-state index in [9.17, 15) is 9.59 Å². The van der Waals surface area contributed by atoms with Crippen LogP contribution in [0.2, 0.25) is 0 Å². The zero-order valence-corrected chi connectivity index (χ0v) is 10.7. The number of carboxylic acids is 1. The summed E-state index contributed by atoms with van der Waals surface area (Å²) in [5, 5.41) is 11.8. The van der Waals surface area contributed by atoms with Gasteiger partial charge in [-0.25, -0.2) is 4.79 Å². The Kier molecular flexibility index (Phi) is 4.44. The lowest BCUT2D eigenvalue weighted by molar-refractivity contribution is -0.137. The van der Waals surface area contributed by atoms with Gasteiger partial charge in [0.25, 0.3) is 0 Å². The number of hydrogen-bond acceptors (Lipinski definition) is 2. The number of hydrogen-bond donors (Lipinski definition) is 2. The van der Waals surface area contributed by atoms with Gasteiger partial charge in [-0.05, 0) is 25.7 Å². The number of carbonyl (C=O) groups is 2. The van der Waals surface area contributed by atoms with Gasteiger partial charge in [0.2, 0.25) is 0 Å². The average molecular weight is 254 g/mol. The molecule has 0 aromatic carbocycles. The van der Waals surface area contributed by atoms with Gasteiger partial charge in [0.05, 0.1) is 6.42 Å². The first-order chi connectivity index (χ1) is 8.66. The molecule has 5 nitrogen and oxygen atoms in total. The third-order valence-electron chi connectivity index (χ3n) is 3.75. The van der Waals surface area contributed by atoms with E-state index in [0.29, 0.717) is 6.54 Å². The van der Waals surface area contributed by atoms with E-state index in [4.69, 9.17) is 5.11 Å². The summed E-state index contributed by atoms with van der Waals surface area (Å²) in [4.78, 5) is 24.4. The number of carbonyl (C=O) groups excluding carboxylic acids is 1. The van der Waals surface area contributed by atoms with E-state index in [2.05, 4.69) is 5.32 Å². The predicted octanol–water partition coefficient (Wildman–Crippen LogP) is 1.97. The number of nitrogens with zero attached hydrogens (tertiary/aromatic N) is 1. The molecule has 2 fully saturated rings. The molecule has 0 heterocycles. The molecule has 0 saturated heterocycles. The normalized spacial score (nSPS) is 20.4. The van der Waals surface area contributed by atoms with Gasteiger partial charge in [0.1, 0.15) is 0 Å². The van der Waals surface area contributed by atoms with Crippen LogP contribution in [0, 0.1) is 0 Å². The molecule has 0 spiro atoms. The summed E-state index contributed by atoms with van der Waals surface area (Å²) in [6.45, 7) is 0.332. The molecule has 18 heavy (non-hydrogen) atoms. The van der Waals surface area contributed by atoms with E-state index >= 15 is 0 Å². The highest BCUT2D eigenvalue weighted by Crippen LogP contribution is 2.27. The summed E-state index contributed by atoms with van der Waals surface area (Å²) in [7, 11) is 0. The topological polar surface area (TPSA) is 69.6 Å². The van der Waals surface area contributed by atoms with Crippen molar-refractivity contribution >= 4 is 12.0 Å². The maximum atomic E-state index is 12.1. The van der Waals surface area contributed by atoms with Crippen LogP contribution in [-0.2, 0) is 4.79 Å². The van der Waals surface area contributed by atoms with E-state index in [0.717, 1.165) is 25.7 Å². The van der Waals surface area contributed by atoms with Crippen molar-refractivity contribution in [1.82, 2.24) is 10.2 Å². The Bertz CT molecular complexity index is 309. The third kappa shape index (κ3) is 3.89.